The molecule has 2 rings (SSSR count). The fourth-order valence-electron chi connectivity index (χ4n) is 2.00. The van der Waals surface area contributed by atoms with Crippen LogP contribution in [0.2, 0.25) is 0 Å². The molecule has 1 heterocycles. The lowest BCUT2D eigenvalue weighted by molar-refractivity contribution is 0.580. The van der Waals surface area contributed by atoms with Crippen LogP contribution in [0.25, 0.3) is 0 Å². The summed E-state index contributed by atoms with van der Waals surface area (Å²) in [6.07, 6.45) is 0.182. The van der Waals surface area contributed by atoms with Crippen LogP contribution < -0.4 is 4.31 Å². The molecule has 1 aromatic carbocycles. The third-order valence-corrected chi connectivity index (χ3v) is 7.31. The highest BCUT2D eigenvalue weighted by atomic mass is 32.2. The summed E-state index contributed by atoms with van der Waals surface area (Å²) in [6, 6.07) is 8.64. The Hall–Kier alpha value is -1.08. The Kier molecular flexibility index (Phi) is 3.37. The highest BCUT2D eigenvalue weighted by Gasteiger charge is 2.39. The molecular formula is C11H15NO4S2. The van der Waals surface area contributed by atoms with Gasteiger partial charge in [-0.3, -0.25) is 4.31 Å². The first-order valence-corrected chi connectivity index (χ1v) is 8.88. The molecule has 1 aliphatic heterocycles. The van der Waals surface area contributed by atoms with Gasteiger partial charge in [-0.15, -0.1) is 0 Å². The van der Waals surface area contributed by atoms with Crippen molar-refractivity contribution in [2.24, 2.45) is 0 Å². The molecule has 0 radical (unpaired) electrons. The molecule has 0 aromatic heterocycles. The van der Waals surface area contributed by atoms with E-state index < -0.39 is 25.1 Å². The molecule has 1 saturated heterocycles. The van der Waals surface area contributed by atoms with Gasteiger partial charge in [-0.2, -0.15) is 0 Å². The quantitative estimate of drug-likeness (QED) is 0.818. The van der Waals surface area contributed by atoms with Crippen LogP contribution in [0, 0.1) is 0 Å². The predicted molar refractivity (Wildman–Crippen MR) is 70.8 cm³/mol. The van der Waals surface area contributed by atoms with E-state index >= 15 is 0 Å². The van der Waals surface area contributed by atoms with Gasteiger partial charge in [-0.05, 0) is 18.6 Å². The zero-order valence-corrected chi connectivity index (χ0v) is 11.6. The molecule has 0 spiro atoms. The van der Waals surface area contributed by atoms with Crippen molar-refractivity contribution in [3.63, 3.8) is 0 Å². The average molecular weight is 289 g/mol. The average Bonchev–Trinajstić information content (AvgIpc) is 2.70. The van der Waals surface area contributed by atoms with E-state index in [2.05, 4.69) is 0 Å². The summed E-state index contributed by atoms with van der Waals surface area (Å²) in [7, 11) is -5.35. The second-order valence-electron chi connectivity index (χ2n) is 4.37. The number of nitrogens with zero attached hydrogens (tertiary/aromatic N) is 1. The largest absolute Gasteiger partial charge is 0.273 e. The first kappa shape index (κ1) is 13.4. The van der Waals surface area contributed by atoms with Crippen molar-refractivity contribution in [2.75, 3.05) is 22.9 Å². The van der Waals surface area contributed by atoms with Gasteiger partial charge in [0.15, 0.2) is 9.84 Å². The van der Waals surface area contributed by atoms with Gasteiger partial charge in [0.2, 0.25) is 10.0 Å². The van der Waals surface area contributed by atoms with Crippen LogP contribution in [0.15, 0.2) is 30.3 Å². The van der Waals surface area contributed by atoms with Gasteiger partial charge < -0.3 is 0 Å². The first-order valence-electron chi connectivity index (χ1n) is 5.56. The van der Waals surface area contributed by atoms with Crippen molar-refractivity contribution in [3.05, 3.63) is 30.3 Å². The maximum atomic E-state index is 12.3. The maximum absolute atomic E-state index is 12.3. The highest BCUT2D eigenvalue weighted by Crippen LogP contribution is 2.25. The van der Waals surface area contributed by atoms with Gasteiger partial charge in [-0.25, -0.2) is 16.8 Å². The standard InChI is InChI=1S/C11H15NO4S2/c1-12(10-5-3-2-4-6-10)18(15,16)11-7-8-17(13,14)9-11/h2-6,11H,7-9H2,1H3/t11-/m0/s1. The van der Waals surface area contributed by atoms with Gasteiger partial charge in [0.05, 0.1) is 22.4 Å². The Morgan fingerprint density at radius 3 is 2.33 bits per heavy atom. The number of benzene rings is 1. The van der Waals surface area contributed by atoms with E-state index in [0.717, 1.165) is 0 Å². The minimum atomic E-state index is -3.61. The fraction of sp³-hybridized carbons (Fsp3) is 0.455. The molecule has 100 valence electrons. The molecule has 0 bridgehead atoms. The van der Waals surface area contributed by atoms with Crippen molar-refractivity contribution in [1.29, 1.82) is 0 Å². The monoisotopic (exact) mass is 289 g/mol. The smallest absolute Gasteiger partial charge is 0.238 e. The van der Waals surface area contributed by atoms with E-state index in [1.165, 1.54) is 11.4 Å². The molecule has 0 amide bonds. The minimum absolute atomic E-state index is 0.0421. The number of hydrogen-bond donors (Lipinski definition) is 0. The van der Waals surface area contributed by atoms with Gasteiger partial charge in [0.1, 0.15) is 0 Å². The fourth-order valence-corrected chi connectivity index (χ4v) is 6.29. The molecule has 1 fully saturated rings. The van der Waals surface area contributed by atoms with Crippen molar-refractivity contribution >= 4 is 25.5 Å². The Morgan fingerprint density at radius 2 is 1.83 bits per heavy atom. The summed E-state index contributed by atoms with van der Waals surface area (Å²) in [5.74, 6) is -0.313. The summed E-state index contributed by atoms with van der Waals surface area (Å²) >= 11 is 0. The lowest BCUT2D eigenvalue weighted by Gasteiger charge is -2.22. The topological polar surface area (TPSA) is 71.5 Å². The van der Waals surface area contributed by atoms with Crippen LogP contribution in [0.4, 0.5) is 5.69 Å². The second-order valence-corrected chi connectivity index (χ2v) is 8.85. The van der Waals surface area contributed by atoms with Gasteiger partial charge in [0.25, 0.3) is 0 Å². The van der Waals surface area contributed by atoms with E-state index in [4.69, 9.17) is 0 Å². The van der Waals surface area contributed by atoms with Crippen molar-refractivity contribution in [1.82, 2.24) is 0 Å². The molecule has 1 aliphatic rings. The number of sulfone groups is 1. The van der Waals surface area contributed by atoms with Gasteiger partial charge in [-0.1, -0.05) is 18.2 Å². The molecule has 1 aromatic rings. The van der Waals surface area contributed by atoms with E-state index in [1.807, 2.05) is 0 Å². The Balaban J connectivity index is 2.28. The van der Waals surface area contributed by atoms with E-state index in [0.29, 0.717) is 5.69 Å². The lowest BCUT2D eigenvalue weighted by atomic mass is 10.3. The molecule has 0 unspecified atom stereocenters. The maximum Gasteiger partial charge on any atom is 0.238 e. The minimum Gasteiger partial charge on any atom is -0.273 e. The van der Waals surface area contributed by atoms with E-state index in [-0.39, 0.29) is 17.9 Å². The lowest BCUT2D eigenvalue weighted by Crippen LogP contribution is -2.36. The third-order valence-electron chi connectivity index (χ3n) is 3.11. The van der Waals surface area contributed by atoms with Crippen LogP contribution in [0.1, 0.15) is 6.42 Å². The van der Waals surface area contributed by atoms with Crippen molar-refractivity contribution in [3.8, 4) is 0 Å². The molecule has 5 nitrogen and oxygen atoms in total. The summed E-state index contributed by atoms with van der Waals surface area (Å²) in [5, 5.41) is -0.826. The number of rotatable bonds is 3. The zero-order valence-electron chi connectivity index (χ0n) is 9.98. The number of anilines is 1. The number of para-hydroxylation sites is 1. The molecule has 0 N–H and O–H groups in total. The molecule has 0 saturated carbocycles. The molecule has 7 heteroatoms. The summed E-state index contributed by atoms with van der Waals surface area (Å²) in [6.45, 7) is 0. The van der Waals surface area contributed by atoms with E-state index in [9.17, 15) is 16.8 Å². The van der Waals surface area contributed by atoms with Crippen molar-refractivity contribution < 1.29 is 16.8 Å². The van der Waals surface area contributed by atoms with Gasteiger partial charge in [0, 0.05) is 7.05 Å². The molecule has 0 aliphatic carbocycles. The van der Waals surface area contributed by atoms with Crippen LogP contribution in [-0.2, 0) is 19.9 Å². The number of sulfonamides is 1. The van der Waals surface area contributed by atoms with Crippen LogP contribution >= 0.6 is 0 Å². The molecular weight excluding hydrogens is 274 g/mol. The second kappa shape index (κ2) is 4.55. The first-order chi connectivity index (χ1) is 8.33. The van der Waals surface area contributed by atoms with Crippen LogP contribution in [0.5, 0.6) is 0 Å². The molecule has 18 heavy (non-hydrogen) atoms. The van der Waals surface area contributed by atoms with Crippen LogP contribution in [0.3, 0.4) is 0 Å². The summed E-state index contributed by atoms with van der Waals surface area (Å²) in [5.41, 5.74) is 0.543. The van der Waals surface area contributed by atoms with Gasteiger partial charge >= 0.3 is 0 Å². The molecule has 1 atom stereocenters. The Morgan fingerprint density at radius 1 is 1.22 bits per heavy atom. The van der Waals surface area contributed by atoms with Crippen molar-refractivity contribution in [2.45, 2.75) is 11.7 Å². The summed E-state index contributed by atoms with van der Waals surface area (Å²) in [4.78, 5) is 0. The SMILES string of the molecule is CN(c1ccccc1)S(=O)(=O)[C@H]1CCS(=O)(=O)C1. The van der Waals surface area contributed by atoms with Crippen LogP contribution in [-0.4, -0.2) is 40.6 Å². The normalized spacial score (nSPS) is 22.8. The highest BCUT2D eigenvalue weighted by molar-refractivity contribution is 7.97. The predicted octanol–water partition coefficient (Wildman–Crippen LogP) is 0.640. The Bertz CT molecular complexity index is 622. The third kappa shape index (κ3) is 2.51. The Labute approximate surface area is 107 Å². The zero-order chi connectivity index (χ0) is 13.4. The summed E-state index contributed by atoms with van der Waals surface area (Å²) < 4.78 is 48.5. The number of hydrogen-bond acceptors (Lipinski definition) is 4. The van der Waals surface area contributed by atoms with E-state index in [1.54, 1.807) is 30.3 Å².